The van der Waals surface area contributed by atoms with E-state index in [1.165, 1.54) is 11.9 Å². The Labute approximate surface area is 128 Å². The van der Waals surface area contributed by atoms with Crippen molar-refractivity contribution in [2.75, 3.05) is 33.2 Å². The van der Waals surface area contributed by atoms with Gasteiger partial charge in [-0.15, -0.1) is 0 Å². The minimum Gasteiger partial charge on any atom is -0.344 e. The van der Waals surface area contributed by atoms with Crippen LogP contribution in [0.15, 0.2) is 0 Å². The fourth-order valence-electron chi connectivity index (χ4n) is 3.30. The van der Waals surface area contributed by atoms with Crippen molar-refractivity contribution < 1.29 is 19.2 Å². The molecule has 2 atom stereocenters. The standard InChI is InChI=1S/C14H20N4O4/c1-16-12(20)8-10(14(16)22)17-4-6-18(7-5-17)13(21)9-2-3-11(19)15-9/h9-10H,2-8H2,1H3,(H,15,19). The van der Waals surface area contributed by atoms with E-state index < -0.39 is 6.04 Å². The van der Waals surface area contributed by atoms with Gasteiger partial charge in [0, 0.05) is 39.6 Å². The number of hydrogen-bond acceptors (Lipinski definition) is 5. The van der Waals surface area contributed by atoms with Crippen LogP contribution >= 0.6 is 0 Å². The maximum absolute atomic E-state index is 12.3. The smallest absolute Gasteiger partial charge is 0.246 e. The SMILES string of the molecule is CN1C(=O)CC(N2CCN(C(=O)C3CCC(=O)N3)CC2)C1=O. The molecule has 0 aromatic carbocycles. The van der Waals surface area contributed by atoms with Crippen molar-refractivity contribution in [1.29, 1.82) is 0 Å². The van der Waals surface area contributed by atoms with Crippen LogP contribution in [0.3, 0.4) is 0 Å². The molecule has 1 N–H and O–H groups in total. The van der Waals surface area contributed by atoms with E-state index >= 15 is 0 Å². The lowest BCUT2D eigenvalue weighted by molar-refractivity contribution is -0.139. The van der Waals surface area contributed by atoms with E-state index in [-0.39, 0.29) is 36.1 Å². The third kappa shape index (κ3) is 2.58. The molecule has 3 saturated heterocycles. The van der Waals surface area contributed by atoms with Crippen LogP contribution in [0.25, 0.3) is 0 Å². The Hall–Kier alpha value is -1.96. The Kier molecular flexibility index (Phi) is 3.86. The molecule has 120 valence electrons. The lowest BCUT2D eigenvalue weighted by Gasteiger charge is -2.37. The van der Waals surface area contributed by atoms with Crippen LogP contribution in [0.1, 0.15) is 19.3 Å². The lowest BCUT2D eigenvalue weighted by atomic mass is 10.1. The van der Waals surface area contributed by atoms with E-state index in [1.807, 2.05) is 4.90 Å². The molecule has 3 aliphatic heterocycles. The summed E-state index contributed by atoms with van der Waals surface area (Å²) < 4.78 is 0. The summed E-state index contributed by atoms with van der Waals surface area (Å²) in [5.41, 5.74) is 0. The van der Waals surface area contributed by atoms with Crippen LogP contribution in [0.5, 0.6) is 0 Å². The first kappa shape index (κ1) is 15.0. The third-order valence-corrected chi connectivity index (χ3v) is 4.72. The second kappa shape index (κ2) is 5.68. The molecule has 3 aliphatic rings. The number of hydrogen-bond donors (Lipinski definition) is 1. The summed E-state index contributed by atoms with van der Waals surface area (Å²) in [6, 6.07) is -0.791. The summed E-state index contributed by atoms with van der Waals surface area (Å²) >= 11 is 0. The highest BCUT2D eigenvalue weighted by molar-refractivity contribution is 6.05. The molecule has 0 radical (unpaired) electrons. The predicted molar refractivity (Wildman–Crippen MR) is 75.5 cm³/mol. The zero-order valence-electron chi connectivity index (χ0n) is 12.6. The van der Waals surface area contributed by atoms with E-state index in [2.05, 4.69) is 5.32 Å². The fraction of sp³-hybridized carbons (Fsp3) is 0.714. The van der Waals surface area contributed by atoms with Crippen molar-refractivity contribution in [2.45, 2.75) is 31.3 Å². The highest BCUT2D eigenvalue weighted by atomic mass is 16.2. The van der Waals surface area contributed by atoms with Crippen molar-refractivity contribution >= 4 is 23.6 Å². The maximum Gasteiger partial charge on any atom is 0.246 e. The van der Waals surface area contributed by atoms with Gasteiger partial charge in [0.2, 0.25) is 23.6 Å². The number of carbonyl (C=O) groups excluding carboxylic acids is 4. The molecule has 3 fully saturated rings. The molecule has 0 aliphatic carbocycles. The number of nitrogens with zero attached hydrogens (tertiary/aromatic N) is 3. The normalized spacial score (nSPS) is 30.1. The van der Waals surface area contributed by atoms with Crippen molar-refractivity contribution in [3.63, 3.8) is 0 Å². The van der Waals surface area contributed by atoms with Crippen LogP contribution in [0, 0.1) is 0 Å². The molecule has 0 spiro atoms. The fourth-order valence-corrected chi connectivity index (χ4v) is 3.30. The zero-order chi connectivity index (χ0) is 15.9. The molecule has 3 heterocycles. The summed E-state index contributed by atoms with van der Waals surface area (Å²) in [7, 11) is 1.51. The number of likely N-dealkylation sites (tertiary alicyclic amines) is 1. The number of rotatable bonds is 2. The average molecular weight is 308 g/mol. The van der Waals surface area contributed by atoms with Gasteiger partial charge >= 0.3 is 0 Å². The molecular formula is C14H20N4O4. The largest absolute Gasteiger partial charge is 0.344 e. The van der Waals surface area contributed by atoms with E-state index in [0.717, 1.165) is 0 Å². The minimum absolute atomic E-state index is 0.0450. The Bertz CT molecular complexity index is 527. The molecule has 0 bridgehead atoms. The Balaban J connectivity index is 1.54. The second-order valence-corrected chi connectivity index (χ2v) is 6.03. The highest BCUT2D eigenvalue weighted by Crippen LogP contribution is 2.19. The van der Waals surface area contributed by atoms with E-state index in [1.54, 1.807) is 4.90 Å². The third-order valence-electron chi connectivity index (χ3n) is 4.72. The van der Waals surface area contributed by atoms with Gasteiger partial charge in [0.15, 0.2) is 0 Å². The number of carbonyl (C=O) groups is 4. The molecule has 8 heteroatoms. The molecular weight excluding hydrogens is 288 g/mol. The van der Waals surface area contributed by atoms with Crippen LogP contribution < -0.4 is 5.32 Å². The lowest BCUT2D eigenvalue weighted by Crippen LogP contribution is -2.56. The van der Waals surface area contributed by atoms with Crippen molar-refractivity contribution in [3.8, 4) is 0 Å². The second-order valence-electron chi connectivity index (χ2n) is 6.03. The van der Waals surface area contributed by atoms with Crippen LogP contribution in [-0.4, -0.2) is 83.6 Å². The zero-order valence-corrected chi connectivity index (χ0v) is 12.6. The van der Waals surface area contributed by atoms with Crippen LogP contribution in [-0.2, 0) is 19.2 Å². The van der Waals surface area contributed by atoms with Gasteiger partial charge in [-0.25, -0.2) is 0 Å². The predicted octanol–water partition coefficient (Wildman–Crippen LogP) is -1.83. The molecule has 0 aromatic rings. The molecule has 8 nitrogen and oxygen atoms in total. The van der Waals surface area contributed by atoms with Gasteiger partial charge in [-0.05, 0) is 6.42 Å². The molecule has 0 aromatic heterocycles. The Morgan fingerprint density at radius 3 is 2.32 bits per heavy atom. The van der Waals surface area contributed by atoms with Gasteiger partial charge in [-0.3, -0.25) is 29.0 Å². The van der Waals surface area contributed by atoms with Crippen LogP contribution in [0.4, 0.5) is 0 Å². The van der Waals surface area contributed by atoms with Crippen molar-refractivity contribution in [1.82, 2.24) is 20.0 Å². The summed E-state index contributed by atoms with van der Waals surface area (Å²) in [6.07, 6.45) is 1.18. The van der Waals surface area contributed by atoms with E-state index in [0.29, 0.717) is 39.0 Å². The van der Waals surface area contributed by atoms with Gasteiger partial charge in [-0.2, -0.15) is 0 Å². The minimum atomic E-state index is -0.403. The first-order valence-electron chi connectivity index (χ1n) is 7.60. The first-order chi connectivity index (χ1) is 10.5. The van der Waals surface area contributed by atoms with Crippen molar-refractivity contribution in [3.05, 3.63) is 0 Å². The van der Waals surface area contributed by atoms with E-state index in [9.17, 15) is 19.2 Å². The number of nitrogens with one attached hydrogen (secondary N) is 1. The average Bonchev–Trinajstić information content (AvgIpc) is 3.06. The monoisotopic (exact) mass is 308 g/mol. The quantitative estimate of drug-likeness (QED) is 0.606. The highest BCUT2D eigenvalue weighted by Gasteiger charge is 2.41. The number of likely N-dealkylation sites (N-methyl/N-ethyl adjacent to an activating group) is 1. The van der Waals surface area contributed by atoms with Crippen LogP contribution in [0.2, 0.25) is 0 Å². The summed E-state index contributed by atoms with van der Waals surface area (Å²) in [5.74, 6) is -0.429. The summed E-state index contributed by atoms with van der Waals surface area (Å²) in [6.45, 7) is 2.19. The van der Waals surface area contributed by atoms with Gasteiger partial charge < -0.3 is 10.2 Å². The first-order valence-corrected chi connectivity index (χ1v) is 7.60. The Morgan fingerprint density at radius 1 is 1.14 bits per heavy atom. The van der Waals surface area contributed by atoms with Gasteiger partial charge in [0.1, 0.15) is 6.04 Å². The van der Waals surface area contributed by atoms with Gasteiger partial charge in [-0.1, -0.05) is 0 Å². The molecule has 22 heavy (non-hydrogen) atoms. The summed E-state index contributed by atoms with van der Waals surface area (Å²) in [4.78, 5) is 52.0. The summed E-state index contributed by atoms with van der Waals surface area (Å²) in [5, 5.41) is 2.69. The molecule has 4 amide bonds. The van der Waals surface area contributed by atoms with Crippen molar-refractivity contribution in [2.24, 2.45) is 0 Å². The van der Waals surface area contributed by atoms with Gasteiger partial charge in [0.25, 0.3) is 0 Å². The maximum atomic E-state index is 12.3. The molecule has 3 rings (SSSR count). The van der Waals surface area contributed by atoms with Gasteiger partial charge in [0.05, 0.1) is 12.5 Å². The Morgan fingerprint density at radius 2 is 1.82 bits per heavy atom. The number of amides is 4. The topological polar surface area (TPSA) is 90.0 Å². The molecule has 2 unspecified atom stereocenters. The number of piperazine rings is 1. The molecule has 0 saturated carbocycles. The number of imide groups is 1. The van der Waals surface area contributed by atoms with E-state index in [4.69, 9.17) is 0 Å².